The molecule has 0 N–H and O–H groups in total. The van der Waals surface area contributed by atoms with Crippen LogP contribution in [0.25, 0.3) is 0 Å². The zero-order valence-corrected chi connectivity index (χ0v) is 8.58. The van der Waals surface area contributed by atoms with Gasteiger partial charge in [-0.3, -0.25) is 4.79 Å². The Hall–Kier alpha value is -0.570. The van der Waals surface area contributed by atoms with E-state index >= 15 is 0 Å². The minimum Gasteiger partial charge on any atom is -0.381 e. The van der Waals surface area contributed by atoms with Crippen molar-refractivity contribution >= 4 is 5.91 Å². The first kappa shape index (κ1) is 10.5. The predicted octanol–water partition coefficient (Wildman–Crippen LogP) is 1.28. The first-order chi connectivity index (χ1) is 6.24. The van der Waals surface area contributed by atoms with Crippen molar-refractivity contribution < 1.29 is 9.53 Å². The van der Waals surface area contributed by atoms with Gasteiger partial charge in [-0.2, -0.15) is 0 Å². The molecule has 0 bridgehead atoms. The Balaban J connectivity index is 2.13. The standard InChI is InChI=1S/C10H19NO2/c1-3-4-5-11(2)10(12)6-9-7-13-8-9/h9H,3-8H2,1-2H3. The second-order valence-electron chi connectivity index (χ2n) is 3.78. The number of unbranched alkanes of at least 4 members (excludes halogenated alkanes) is 1. The maximum absolute atomic E-state index is 11.5. The van der Waals surface area contributed by atoms with Crippen LogP contribution in [0, 0.1) is 5.92 Å². The third-order valence-corrected chi connectivity index (χ3v) is 2.44. The van der Waals surface area contributed by atoms with Crippen molar-refractivity contribution in [3.8, 4) is 0 Å². The Morgan fingerprint density at radius 2 is 2.23 bits per heavy atom. The lowest BCUT2D eigenvalue weighted by Crippen LogP contribution is -2.35. The SMILES string of the molecule is CCCCN(C)C(=O)CC1COC1. The van der Waals surface area contributed by atoms with Gasteiger partial charge in [-0.15, -0.1) is 0 Å². The summed E-state index contributed by atoms with van der Waals surface area (Å²) in [5.41, 5.74) is 0. The van der Waals surface area contributed by atoms with E-state index in [-0.39, 0.29) is 5.91 Å². The topological polar surface area (TPSA) is 29.5 Å². The molecule has 1 fully saturated rings. The minimum absolute atomic E-state index is 0.266. The zero-order chi connectivity index (χ0) is 9.68. The highest BCUT2D eigenvalue weighted by Gasteiger charge is 2.22. The number of ether oxygens (including phenoxy) is 1. The fourth-order valence-electron chi connectivity index (χ4n) is 1.33. The normalized spacial score (nSPS) is 16.8. The second kappa shape index (κ2) is 5.22. The first-order valence-corrected chi connectivity index (χ1v) is 5.05. The van der Waals surface area contributed by atoms with Crippen LogP contribution in [0.2, 0.25) is 0 Å². The van der Waals surface area contributed by atoms with Crippen molar-refractivity contribution in [1.29, 1.82) is 0 Å². The predicted molar refractivity (Wildman–Crippen MR) is 51.5 cm³/mol. The summed E-state index contributed by atoms with van der Waals surface area (Å²) in [6.45, 7) is 4.57. The quantitative estimate of drug-likeness (QED) is 0.645. The third kappa shape index (κ3) is 3.35. The molecule has 0 aliphatic carbocycles. The summed E-state index contributed by atoms with van der Waals surface area (Å²) in [7, 11) is 1.89. The number of carbonyl (C=O) groups excluding carboxylic acids is 1. The summed E-state index contributed by atoms with van der Waals surface area (Å²) in [5.74, 6) is 0.748. The van der Waals surface area contributed by atoms with Gasteiger partial charge in [0.05, 0.1) is 13.2 Å². The van der Waals surface area contributed by atoms with E-state index in [4.69, 9.17) is 4.74 Å². The molecule has 76 valence electrons. The van der Waals surface area contributed by atoms with Crippen LogP contribution in [0.3, 0.4) is 0 Å². The van der Waals surface area contributed by atoms with Gasteiger partial charge in [0.2, 0.25) is 5.91 Å². The maximum atomic E-state index is 11.5. The molecule has 3 nitrogen and oxygen atoms in total. The monoisotopic (exact) mass is 185 g/mol. The average molecular weight is 185 g/mol. The van der Waals surface area contributed by atoms with Gasteiger partial charge in [0.15, 0.2) is 0 Å². The van der Waals surface area contributed by atoms with Crippen LogP contribution < -0.4 is 0 Å². The van der Waals surface area contributed by atoms with Crippen LogP contribution in [-0.4, -0.2) is 37.6 Å². The zero-order valence-electron chi connectivity index (χ0n) is 8.58. The van der Waals surface area contributed by atoms with Crippen LogP contribution in [0.15, 0.2) is 0 Å². The van der Waals surface area contributed by atoms with E-state index < -0.39 is 0 Å². The van der Waals surface area contributed by atoms with Crippen LogP contribution >= 0.6 is 0 Å². The van der Waals surface area contributed by atoms with E-state index in [0.717, 1.165) is 32.6 Å². The van der Waals surface area contributed by atoms with Crippen molar-refractivity contribution in [3.63, 3.8) is 0 Å². The van der Waals surface area contributed by atoms with Gasteiger partial charge in [-0.05, 0) is 6.42 Å². The molecular formula is C10H19NO2. The highest BCUT2D eigenvalue weighted by molar-refractivity contribution is 5.76. The highest BCUT2D eigenvalue weighted by atomic mass is 16.5. The van der Waals surface area contributed by atoms with Gasteiger partial charge in [-0.1, -0.05) is 13.3 Å². The van der Waals surface area contributed by atoms with E-state index in [1.807, 2.05) is 11.9 Å². The fraction of sp³-hybridized carbons (Fsp3) is 0.900. The molecule has 0 radical (unpaired) electrons. The lowest BCUT2D eigenvalue weighted by Gasteiger charge is -2.27. The summed E-state index contributed by atoms with van der Waals surface area (Å²) >= 11 is 0. The van der Waals surface area contributed by atoms with E-state index in [9.17, 15) is 4.79 Å². The number of hydrogen-bond donors (Lipinski definition) is 0. The minimum atomic E-state index is 0.266. The van der Waals surface area contributed by atoms with Gasteiger partial charge in [0.25, 0.3) is 0 Å². The lowest BCUT2D eigenvalue weighted by molar-refractivity contribution is -0.135. The molecular weight excluding hydrogens is 166 g/mol. The van der Waals surface area contributed by atoms with Gasteiger partial charge < -0.3 is 9.64 Å². The fourth-order valence-corrected chi connectivity index (χ4v) is 1.33. The Morgan fingerprint density at radius 1 is 1.54 bits per heavy atom. The maximum Gasteiger partial charge on any atom is 0.222 e. The largest absolute Gasteiger partial charge is 0.381 e. The second-order valence-corrected chi connectivity index (χ2v) is 3.78. The van der Waals surface area contributed by atoms with Crippen molar-refractivity contribution in [2.75, 3.05) is 26.8 Å². The molecule has 0 saturated carbocycles. The Labute approximate surface area is 80.1 Å². The summed E-state index contributed by atoms with van der Waals surface area (Å²) in [5, 5.41) is 0. The lowest BCUT2D eigenvalue weighted by atomic mass is 10.0. The van der Waals surface area contributed by atoms with Gasteiger partial charge in [0.1, 0.15) is 0 Å². The molecule has 0 atom stereocenters. The molecule has 1 aliphatic rings. The molecule has 13 heavy (non-hydrogen) atoms. The average Bonchev–Trinajstić information content (AvgIpc) is 2.06. The van der Waals surface area contributed by atoms with Crippen molar-refractivity contribution in [2.45, 2.75) is 26.2 Å². The molecule has 3 heteroatoms. The Bertz CT molecular complexity index is 166. The summed E-state index contributed by atoms with van der Waals surface area (Å²) < 4.78 is 5.03. The smallest absolute Gasteiger partial charge is 0.222 e. The Kier molecular flexibility index (Phi) is 4.22. The molecule has 0 spiro atoms. The molecule has 1 saturated heterocycles. The molecule has 0 aromatic heterocycles. The molecule has 1 amide bonds. The highest BCUT2D eigenvalue weighted by Crippen LogP contribution is 2.15. The van der Waals surface area contributed by atoms with Gasteiger partial charge in [0, 0.05) is 25.9 Å². The van der Waals surface area contributed by atoms with Gasteiger partial charge >= 0.3 is 0 Å². The Morgan fingerprint density at radius 3 is 2.69 bits per heavy atom. The van der Waals surface area contributed by atoms with Crippen LogP contribution in [0.1, 0.15) is 26.2 Å². The van der Waals surface area contributed by atoms with Gasteiger partial charge in [-0.25, -0.2) is 0 Å². The van der Waals surface area contributed by atoms with Crippen molar-refractivity contribution in [2.24, 2.45) is 5.92 Å². The number of carbonyl (C=O) groups is 1. The molecule has 0 aromatic carbocycles. The van der Waals surface area contributed by atoms with E-state index in [2.05, 4.69) is 6.92 Å². The van der Waals surface area contributed by atoms with Crippen LogP contribution in [0.4, 0.5) is 0 Å². The van der Waals surface area contributed by atoms with Crippen LogP contribution in [-0.2, 0) is 9.53 Å². The summed E-state index contributed by atoms with van der Waals surface area (Å²) in [4.78, 5) is 13.4. The molecule has 0 unspecified atom stereocenters. The number of amides is 1. The van der Waals surface area contributed by atoms with Crippen molar-refractivity contribution in [3.05, 3.63) is 0 Å². The van der Waals surface area contributed by atoms with E-state index in [1.54, 1.807) is 0 Å². The van der Waals surface area contributed by atoms with Crippen LogP contribution in [0.5, 0.6) is 0 Å². The van der Waals surface area contributed by atoms with Crippen molar-refractivity contribution in [1.82, 2.24) is 4.90 Å². The van der Waals surface area contributed by atoms with E-state index in [0.29, 0.717) is 12.3 Å². The molecule has 1 aliphatic heterocycles. The number of hydrogen-bond acceptors (Lipinski definition) is 2. The number of nitrogens with zero attached hydrogens (tertiary/aromatic N) is 1. The summed E-state index contributed by atoms with van der Waals surface area (Å²) in [6.07, 6.45) is 2.91. The number of rotatable bonds is 5. The third-order valence-electron chi connectivity index (χ3n) is 2.44. The summed E-state index contributed by atoms with van der Waals surface area (Å²) in [6, 6.07) is 0. The first-order valence-electron chi connectivity index (χ1n) is 5.05. The molecule has 0 aromatic rings. The molecule has 1 heterocycles. The molecule has 1 rings (SSSR count). The van der Waals surface area contributed by atoms with E-state index in [1.165, 1.54) is 0 Å².